The third kappa shape index (κ3) is 7.84. The first-order valence-corrected chi connectivity index (χ1v) is 12.9. The number of halogens is 4. The van der Waals surface area contributed by atoms with Gasteiger partial charge in [0.05, 0.1) is 0 Å². The third-order valence-corrected chi connectivity index (χ3v) is 6.20. The predicted octanol–water partition coefficient (Wildman–Crippen LogP) is 6.54. The van der Waals surface area contributed by atoms with E-state index in [0.717, 1.165) is 0 Å². The molecule has 1 aromatic heterocycles. The number of ether oxygens (including phenoxy) is 1. The minimum Gasteiger partial charge on any atom is -0.487 e. The fourth-order valence-electron chi connectivity index (χ4n) is 4.01. The first-order valence-electron chi connectivity index (χ1n) is 12.9. The molecule has 7 nitrogen and oxygen atoms in total. The van der Waals surface area contributed by atoms with Crippen molar-refractivity contribution in [1.29, 1.82) is 0 Å². The average Bonchev–Trinajstić information content (AvgIpc) is 3.39. The highest BCUT2D eigenvalue weighted by atomic mass is 19.4. The Labute approximate surface area is 238 Å². The van der Waals surface area contributed by atoms with Gasteiger partial charge in [-0.05, 0) is 42.0 Å². The molecule has 42 heavy (non-hydrogen) atoms. The number of nitrogens with one attached hydrogen (secondary N) is 1. The van der Waals surface area contributed by atoms with Crippen molar-refractivity contribution in [1.82, 2.24) is 10.3 Å². The molecule has 0 bridgehead atoms. The summed E-state index contributed by atoms with van der Waals surface area (Å²) in [7, 11) is 0. The van der Waals surface area contributed by atoms with Gasteiger partial charge in [0.25, 0.3) is 0 Å². The Morgan fingerprint density at radius 2 is 1.69 bits per heavy atom. The number of aromatic nitrogens is 1. The van der Waals surface area contributed by atoms with Gasteiger partial charge < -0.3 is 19.6 Å². The molecule has 0 spiro atoms. The number of allylic oxidation sites excluding steroid dienone is 2. The van der Waals surface area contributed by atoms with Gasteiger partial charge in [-0.1, -0.05) is 49.4 Å². The molecule has 218 valence electrons. The zero-order valence-corrected chi connectivity index (χ0v) is 22.3. The van der Waals surface area contributed by atoms with E-state index >= 15 is 0 Å². The molecule has 1 atom stereocenters. The first kappa shape index (κ1) is 30.0. The van der Waals surface area contributed by atoms with Crippen LogP contribution in [0.3, 0.4) is 0 Å². The average molecular weight is 583 g/mol. The van der Waals surface area contributed by atoms with Gasteiger partial charge in [0.2, 0.25) is 5.89 Å². The van der Waals surface area contributed by atoms with Crippen molar-refractivity contribution in [3.63, 3.8) is 0 Å². The topological polar surface area (TPSA) is 102 Å². The predicted molar refractivity (Wildman–Crippen MR) is 145 cm³/mol. The number of hydrogen-bond donors (Lipinski definition) is 2. The highest BCUT2D eigenvalue weighted by Gasteiger charge is 2.37. The summed E-state index contributed by atoms with van der Waals surface area (Å²) in [6, 6.07) is 17.6. The van der Waals surface area contributed by atoms with Crippen molar-refractivity contribution in [3.8, 4) is 17.2 Å². The molecular formula is C31H26F4N2O5. The quantitative estimate of drug-likeness (QED) is 0.111. The van der Waals surface area contributed by atoms with E-state index in [1.165, 1.54) is 48.5 Å². The van der Waals surface area contributed by atoms with Gasteiger partial charge in [0, 0.05) is 30.0 Å². The van der Waals surface area contributed by atoms with E-state index in [0.29, 0.717) is 46.7 Å². The number of ketones is 1. The summed E-state index contributed by atoms with van der Waals surface area (Å²) in [5, 5.41) is 11.6. The summed E-state index contributed by atoms with van der Waals surface area (Å²) < 4.78 is 65.9. The normalized spacial score (nSPS) is 12.5. The molecule has 1 heterocycles. The maximum atomic E-state index is 13.7. The van der Waals surface area contributed by atoms with Crippen molar-refractivity contribution in [2.75, 3.05) is 0 Å². The van der Waals surface area contributed by atoms with E-state index in [9.17, 15) is 32.3 Å². The number of nitrogens with zero attached hydrogens (tertiary/aromatic N) is 1. The van der Waals surface area contributed by atoms with Crippen molar-refractivity contribution >= 4 is 11.8 Å². The Morgan fingerprint density at radius 3 is 2.29 bits per heavy atom. The van der Waals surface area contributed by atoms with Crippen LogP contribution in [-0.4, -0.2) is 34.1 Å². The number of aliphatic carboxylic acids is 1. The second-order valence-corrected chi connectivity index (χ2v) is 9.21. The van der Waals surface area contributed by atoms with Crippen LogP contribution in [0.4, 0.5) is 17.6 Å². The van der Waals surface area contributed by atoms with Crippen LogP contribution in [0.1, 0.15) is 34.3 Å². The molecule has 0 unspecified atom stereocenters. The Morgan fingerprint density at radius 1 is 1.02 bits per heavy atom. The number of benzene rings is 3. The van der Waals surface area contributed by atoms with E-state index in [1.54, 1.807) is 30.3 Å². The molecule has 4 rings (SSSR count). The minimum absolute atomic E-state index is 0.0341. The van der Waals surface area contributed by atoms with E-state index in [2.05, 4.69) is 4.98 Å². The van der Waals surface area contributed by atoms with E-state index in [-0.39, 0.29) is 24.4 Å². The summed E-state index contributed by atoms with van der Waals surface area (Å²) in [5.74, 6) is -1.48. The summed E-state index contributed by atoms with van der Waals surface area (Å²) in [4.78, 5) is 28.6. The fourth-order valence-corrected chi connectivity index (χ4v) is 4.01. The van der Waals surface area contributed by atoms with Gasteiger partial charge in [0.15, 0.2) is 5.78 Å². The van der Waals surface area contributed by atoms with Crippen LogP contribution in [0.2, 0.25) is 0 Å². The van der Waals surface area contributed by atoms with Crippen molar-refractivity contribution in [2.45, 2.75) is 38.6 Å². The fraction of sp³-hybridized carbons (Fsp3) is 0.194. The maximum Gasteiger partial charge on any atom is 0.431 e. The summed E-state index contributed by atoms with van der Waals surface area (Å²) in [6.07, 6.45) is -4.38. The van der Waals surface area contributed by atoms with Crippen molar-refractivity contribution in [3.05, 3.63) is 119 Å². The van der Waals surface area contributed by atoms with Crippen LogP contribution in [0.5, 0.6) is 5.75 Å². The number of aryl methyl sites for hydroxylation is 1. The van der Waals surface area contributed by atoms with E-state index in [4.69, 9.17) is 9.15 Å². The number of carboxylic acid groups (broad SMARTS) is 1. The third-order valence-electron chi connectivity index (χ3n) is 6.20. The second kappa shape index (κ2) is 13.2. The molecule has 0 aliphatic heterocycles. The number of oxazole rings is 1. The second-order valence-electron chi connectivity index (χ2n) is 9.21. The number of alkyl halides is 3. The number of carbonyl (C=O) groups is 2. The highest BCUT2D eigenvalue weighted by molar-refractivity contribution is 6.05. The molecule has 0 saturated carbocycles. The standard InChI is InChI=1S/C31H26F4N2O5/c1-2-27-25(37-29(42-27)21-10-12-22(32)13-11-21)18-41-23-14-8-19(9-15-23)16-24(30(39)40)36-28(31(33,34)35)17-26(38)20-6-4-3-5-7-20/h3-15,17,24,36H,2,16,18H2,1H3,(H,39,40)/b28-17-/t24-/m0/s1. The van der Waals surface area contributed by atoms with Crippen LogP contribution in [0, 0.1) is 5.82 Å². The van der Waals surface area contributed by atoms with E-state index < -0.39 is 29.7 Å². The molecule has 0 aliphatic carbocycles. The largest absolute Gasteiger partial charge is 0.487 e. The van der Waals surface area contributed by atoms with Gasteiger partial charge in [-0.25, -0.2) is 14.2 Å². The van der Waals surface area contributed by atoms with Crippen LogP contribution in [0.15, 0.2) is 95.1 Å². The Bertz CT molecular complexity index is 1550. The minimum atomic E-state index is -4.98. The van der Waals surface area contributed by atoms with Crippen LogP contribution >= 0.6 is 0 Å². The van der Waals surface area contributed by atoms with Gasteiger partial charge >= 0.3 is 12.1 Å². The first-order chi connectivity index (χ1) is 20.0. The zero-order chi connectivity index (χ0) is 30.3. The SMILES string of the molecule is CCc1oc(-c2ccc(F)cc2)nc1COc1ccc(C[C@H](N/C(=C\C(=O)c2ccccc2)C(F)(F)F)C(=O)O)cc1. The number of hydrogen-bond acceptors (Lipinski definition) is 6. The Kier molecular flexibility index (Phi) is 9.41. The molecule has 3 aromatic carbocycles. The number of carboxylic acids is 1. The van der Waals surface area contributed by atoms with Gasteiger partial charge in [-0.3, -0.25) is 4.79 Å². The molecule has 0 fully saturated rings. The smallest absolute Gasteiger partial charge is 0.431 e. The summed E-state index contributed by atoms with van der Waals surface area (Å²) in [5.41, 5.74) is 0.158. The molecule has 0 saturated heterocycles. The molecule has 2 N–H and O–H groups in total. The number of rotatable bonds is 12. The highest BCUT2D eigenvalue weighted by Crippen LogP contribution is 2.26. The summed E-state index contributed by atoms with van der Waals surface area (Å²) in [6.45, 7) is 1.94. The molecule has 0 aliphatic rings. The van der Waals surface area contributed by atoms with Crippen LogP contribution in [-0.2, 0) is 24.2 Å². The van der Waals surface area contributed by atoms with Gasteiger partial charge in [-0.2, -0.15) is 13.2 Å². The Hall–Kier alpha value is -4.93. The maximum absolute atomic E-state index is 13.7. The lowest BCUT2D eigenvalue weighted by Gasteiger charge is -2.20. The van der Waals surface area contributed by atoms with Crippen molar-refractivity contribution < 1.29 is 41.4 Å². The zero-order valence-electron chi connectivity index (χ0n) is 22.3. The van der Waals surface area contributed by atoms with Crippen LogP contribution in [0.25, 0.3) is 11.5 Å². The molecule has 0 radical (unpaired) electrons. The monoisotopic (exact) mass is 582 g/mol. The molecule has 4 aromatic rings. The lowest BCUT2D eigenvalue weighted by Crippen LogP contribution is -2.42. The lowest BCUT2D eigenvalue weighted by atomic mass is 10.0. The van der Waals surface area contributed by atoms with E-state index in [1.807, 2.05) is 12.2 Å². The lowest BCUT2D eigenvalue weighted by molar-refractivity contribution is -0.140. The summed E-state index contributed by atoms with van der Waals surface area (Å²) >= 11 is 0. The number of carbonyl (C=O) groups excluding carboxylic acids is 1. The molecular weight excluding hydrogens is 556 g/mol. The van der Waals surface area contributed by atoms with Crippen molar-refractivity contribution in [2.24, 2.45) is 0 Å². The van der Waals surface area contributed by atoms with Gasteiger partial charge in [0.1, 0.15) is 41.4 Å². The molecule has 0 amide bonds. The van der Waals surface area contributed by atoms with Crippen LogP contribution < -0.4 is 10.1 Å². The van der Waals surface area contributed by atoms with Gasteiger partial charge in [-0.15, -0.1) is 0 Å². The Balaban J connectivity index is 1.42. The molecule has 11 heteroatoms.